The number of sulfonamides is 1. The molecule has 9 heteroatoms. The molecular formula is C18H23N3O5S. The van der Waals surface area contributed by atoms with E-state index in [-0.39, 0.29) is 10.8 Å². The van der Waals surface area contributed by atoms with Crippen LogP contribution in [0.1, 0.15) is 25.8 Å². The molecule has 1 aromatic rings. The average molecular weight is 393 g/mol. The SMILES string of the molecule is C[C@H]1C[C@H](C)CN(C(=O)COC(=O)CNS(=O)(=O)c2ccc(C#N)cc2)C1. The van der Waals surface area contributed by atoms with Gasteiger partial charge in [0.15, 0.2) is 6.61 Å². The van der Waals surface area contributed by atoms with Crippen molar-refractivity contribution in [3.63, 3.8) is 0 Å². The van der Waals surface area contributed by atoms with Gasteiger partial charge in [-0.05, 0) is 42.5 Å². The summed E-state index contributed by atoms with van der Waals surface area (Å²) in [6, 6.07) is 7.17. The third-order valence-corrected chi connectivity index (χ3v) is 5.70. The van der Waals surface area contributed by atoms with Crippen LogP contribution in [0.25, 0.3) is 0 Å². The summed E-state index contributed by atoms with van der Waals surface area (Å²) in [6.07, 6.45) is 1.06. The average Bonchev–Trinajstić information content (AvgIpc) is 2.63. The van der Waals surface area contributed by atoms with Gasteiger partial charge in [0.25, 0.3) is 5.91 Å². The number of likely N-dealkylation sites (tertiary alicyclic amines) is 1. The van der Waals surface area contributed by atoms with E-state index in [1.807, 2.05) is 6.07 Å². The predicted molar refractivity (Wildman–Crippen MR) is 96.8 cm³/mol. The molecule has 1 N–H and O–H groups in total. The number of amides is 1. The minimum Gasteiger partial charge on any atom is -0.455 e. The lowest BCUT2D eigenvalue weighted by atomic mass is 9.92. The molecule has 0 spiro atoms. The van der Waals surface area contributed by atoms with Crippen molar-refractivity contribution in [1.29, 1.82) is 5.26 Å². The highest BCUT2D eigenvalue weighted by Crippen LogP contribution is 2.20. The molecule has 1 aliphatic heterocycles. The van der Waals surface area contributed by atoms with E-state index < -0.39 is 29.1 Å². The number of hydrogen-bond acceptors (Lipinski definition) is 6. The standard InChI is InChI=1S/C18H23N3O5S/c1-13-7-14(2)11-21(10-13)17(22)12-26-18(23)9-20-27(24,25)16-5-3-15(8-19)4-6-16/h3-6,13-14,20H,7,9-12H2,1-2H3/t13-,14-/m0/s1. The number of ether oxygens (including phenoxy) is 1. The van der Waals surface area contributed by atoms with Gasteiger partial charge in [-0.25, -0.2) is 8.42 Å². The monoisotopic (exact) mass is 393 g/mol. The zero-order valence-corrected chi connectivity index (χ0v) is 16.2. The Kier molecular flexibility index (Phi) is 6.93. The quantitative estimate of drug-likeness (QED) is 0.717. The van der Waals surface area contributed by atoms with Gasteiger partial charge >= 0.3 is 5.97 Å². The maximum atomic E-state index is 12.2. The van der Waals surface area contributed by atoms with Crippen LogP contribution in [-0.2, 0) is 24.3 Å². The van der Waals surface area contributed by atoms with Crippen molar-refractivity contribution in [3.8, 4) is 6.07 Å². The first kappa shape index (κ1) is 20.9. The molecule has 0 unspecified atom stereocenters. The predicted octanol–water partition coefficient (Wildman–Crippen LogP) is 0.884. The summed E-state index contributed by atoms with van der Waals surface area (Å²) in [4.78, 5) is 25.5. The molecule has 1 fully saturated rings. The Balaban J connectivity index is 1.81. The van der Waals surface area contributed by atoms with Gasteiger partial charge in [0.2, 0.25) is 10.0 Å². The van der Waals surface area contributed by atoms with E-state index >= 15 is 0 Å². The van der Waals surface area contributed by atoms with E-state index in [4.69, 9.17) is 10.00 Å². The number of nitriles is 1. The normalized spacial score (nSPS) is 20.0. The second kappa shape index (κ2) is 8.97. The summed E-state index contributed by atoms with van der Waals surface area (Å²) >= 11 is 0. The lowest BCUT2D eigenvalue weighted by Gasteiger charge is -2.34. The number of carbonyl (C=O) groups excluding carboxylic acids is 2. The first-order chi connectivity index (χ1) is 12.7. The summed E-state index contributed by atoms with van der Waals surface area (Å²) in [7, 11) is -3.91. The summed E-state index contributed by atoms with van der Waals surface area (Å²) in [5, 5.41) is 8.73. The molecule has 1 aliphatic rings. The molecule has 0 saturated carbocycles. The summed E-state index contributed by atoms with van der Waals surface area (Å²) in [6.45, 7) is 4.41. The van der Waals surface area contributed by atoms with Crippen molar-refractivity contribution in [2.75, 3.05) is 26.2 Å². The highest BCUT2D eigenvalue weighted by Gasteiger charge is 2.26. The molecule has 1 amide bonds. The van der Waals surface area contributed by atoms with Gasteiger partial charge in [-0.1, -0.05) is 13.8 Å². The number of rotatable bonds is 6. The van der Waals surface area contributed by atoms with E-state index in [1.165, 1.54) is 24.3 Å². The maximum Gasteiger partial charge on any atom is 0.321 e. The van der Waals surface area contributed by atoms with Gasteiger partial charge in [0, 0.05) is 13.1 Å². The largest absolute Gasteiger partial charge is 0.455 e. The maximum absolute atomic E-state index is 12.2. The molecule has 146 valence electrons. The fourth-order valence-corrected chi connectivity index (χ4v) is 4.07. The van der Waals surface area contributed by atoms with Crippen molar-refractivity contribution >= 4 is 21.9 Å². The zero-order chi connectivity index (χ0) is 20.0. The molecule has 2 atom stereocenters. The third-order valence-electron chi connectivity index (χ3n) is 4.28. The number of esters is 1. The minimum atomic E-state index is -3.91. The third kappa shape index (κ3) is 6.05. The van der Waals surface area contributed by atoms with Crippen LogP contribution in [0.5, 0.6) is 0 Å². The topological polar surface area (TPSA) is 117 Å². The molecule has 0 aromatic heterocycles. The summed E-state index contributed by atoms with van der Waals surface area (Å²) in [5.74, 6) is -0.323. The van der Waals surface area contributed by atoms with Crippen molar-refractivity contribution in [2.45, 2.75) is 25.2 Å². The Morgan fingerprint density at radius 2 is 1.81 bits per heavy atom. The number of nitrogens with one attached hydrogen (secondary N) is 1. The fraction of sp³-hybridized carbons (Fsp3) is 0.500. The molecule has 1 saturated heterocycles. The van der Waals surface area contributed by atoms with Gasteiger partial charge in [-0.15, -0.1) is 0 Å². The molecule has 2 rings (SSSR count). The first-order valence-corrected chi connectivity index (χ1v) is 10.1. The van der Waals surface area contributed by atoms with E-state index in [0.717, 1.165) is 6.42 Å². The van der Waals surface area contributed by atoms with Gasteiger partial charge in [0.1, 0.15) is 6.54 Å². The molecule has 0 aliphatic carbocycles. The summed E-state index contributed by atoms with van der Waals surface area (Å²) in [5.41, 5.74) is 0.327. The van der Waals surface area contributed by atoms with Crippen LogP contribution < -0.4 is 4.72 Å². The van der Waals surface area contributed by atoms with Crippen LogP contribution in [0.3, 0.4) is 0 Å². The number of piperidine rings is 1. The number of nitrogens with zero attached hydrogens (tertiary/aromatic N) is 2. The summed E-state index contributed by atoms with van der Waals surface area (Å²) < 4.78 is 31.2. The lowest BCUT2D eigenvalue weighted by Crippen LogP contribution is -2.44. The Labute approximate surface area is 159 Å². The van der Waals surface area contributed by atoms with Gasteiger partial charge in [-0.3, -0.25) is 9.59 Å². The molecule has 0 bridgehead atoms. The van der Waals surface area contributed by atoms with Gasteiger partial charge in [-0.2, -0.15) is 9.98 Å². The number of benzene rings is 1. The van der Waals surface area contributed by atoms with Gasteiger partial charge < -0.3 is 9.64 Å². The number of carbonyl (C=O) groups is 2. The second-order valence-electron chi connectivity index (χ2n) is 6.87. The molecule has 0 radical (unpaired) electrons. The van der Waals surface area contributed by atoms with Crippen LogP contribution in [0, 0.1) is 23.2 Å². The Morgan fingerprint density at radius 1 is 1.22 bits per heavy atom. The van der Waals surface area contributed by atoms with Crippen LogP contribution >= 0.6 is 0 Å². The van der Waals surface area contributed by atoms with Crippen LogP contribution in [-0.4, -0.2) is 51.4 Å². The van der Waals surface area contributed by atoms with Crippen LogP contribution in [0.2, 0.25) is 0 Å². The highest BCUT2D eigenvalue weighted by atomic mass is 32.2. The number of hydrogen-bond donors (Lipinski definition) is 1. The lowest BCUT2D eigenvalue weighted by molar-refractivity contribution is -0.152. The van der Waals surface area contributed by atoms with E-state index in [1.54, 1.807) is 4.90 Å². The van der Waals surface area contributed by atoms with Crippen molar-refractivity contribution in [1.82, 2.24) is 9.62 Å². The Morgan fingerprint density at radius 3 is 2.37 bits per heavy atom. The molecular weight excluding hydrogens is 370 g/mol. The Bertz CT molecular complexity index is 820. The molecule has 1 aromatic carbocycles. The molecule has 8 nitrogen and oxygen atoms in total. The molecule has 27 heavy (non-hydrogen) atoms. The van der Waals surface area contributed by atoms with E-state index in [2.05, 4.69) is 18.6 Å². The Hall–Kier alpha value is -2.44. The zero-order valence-electron chi connectivity index (χ0n) is 15.3. The van der Waals surface area contributed by atoms with Crippen LogP contribution in [0.15, 0.2) is 29.2 Å². The smallest absolute Gasteiger partial charge is 0.321 e. The van der Waals surface area contributed by atoms with Gasteiger partial charge in [0.05, 0.1) is 16.5 Å². The first-order valence-electron chi connectivity index (χ1n) is 8.64. The van der Waals surface area contributed by atoms with E-state index in [0.29, 0.717) is 30.5 Å². The van der Waals surface area contributed by atoms with E-state index in [9.17, 15) is 18.0 Å². The van der Waals surface area contributed by atoms with Crippen molar-refractivity contribution in [3.05, 3.63) is 29.8 Å². The molecule has 1 heterocycles. The second-order valence-corrected chi connectivity index (χ2v) is 8.63. The highest BCUT2D eigenvalue weighted by molar-refractivity contribution is 7.89. The van der Waals surface area contributed by atoms with Crippen molar-refractivity contribution < 1.29 is 22.7 Å². The fourth-order valence-electron chi connectivity index (χ4n) is 3.10. The minimum absolute atomic E-state index is 0.0679. The van der Waals surface area contributed by atoms with Crippen molar-refractivity contribution in [2.24, 2.45) is 11.8 Å². The van der Waals surface area contributed by atoms with Crippen LogP contribution in [0.4, 0.5) is 0 Å².